The lowest BCUT2D eigenvalue weighted by molar-refractivity contribution is -0.139. The first-order valence-corrected chi connectivity index (χ1v) is 15.4. The van der Waals surface area contributed by atoms with Crippen molar-refractivity contribution in [2.75, 3.05) is 10.8 Å². The highest BCUT2D eigenvalue weighted by atomic mass is 35.5. The van der Waals surface area contributed by atoms with Crippen molar-refractivity contribution in [3.63, 3.8) is 0 Å². The van der Waals surface area contributed by atoms with Gasteiger partial charge in [-0.15, -0.1) is 0 Å². The van der Waals surface area contributed by atoms with Crippen molar-refractivity contribution in [1.82, 2.24) is 10.2 Å². The van der Waals surface area contributed by atoms with Crippen molar-refractivity contribution in [2.45, 2.75) is 70.0 Å². The maximum Gasteiger partial charge on any atom is 0.264 e. The van der Waals surface area contributed by atoms with E-state index in [9.17, 15) is 18.0 Å². The number of hydrogen-bond acceptors (Lipinski definition) is 4. The lowest BCUT2D eigenvalue weighted by atomic mass is 10.1. The van der Waals surface area contributed by atoms with Crippen molar-refractivity contribution >= 4 is 39.1 Å². The third kappa shape index (κ3) is 7.04. The molecular formula is C31H36ClN3O4S. The summed E-state index contributed by atoms with van der Waals surface area (Å²) in [5, 5.41) is 3.43. The van der Waals surface area contributed by atoms with Gasteiger partial charge in [-0.1, -0.05) is 72.5 Å². The van der Waals surface area contributed by atoms with Crippen molar-refractivity contribution in [3.05, 3.63) is 94.5 Å². The molecule has 3 aromatic rings. The minimum Gasteiger partial charge on any atom is -0.352 e. The standard InChI is InChI=1S/C31H36ClN3O4S/c1-22-15-17-29(18-16-22)40(38,39)35(28-14-8-11-26(32)19-28)21-30(36)34(20-25-10-5-4-9-23(25)2)24(3)31(37)33-27-12-6-7-13-27/h4-5,8-11,14-19,24,27H,6-7,12-13,20-21H2,1-3H3,(H,33,37)/t24-/m1/s1. The number of rotatable bonds is 10. The van der Waals surface area contributed by atoms with Crippen molar-refractivity contribution < 1.29 is 18.0 Å². The van der Waals surface area contributed by atoms with Gasteiger partial charge in [0, 0.05) is 17.6 Å². The predicted octanol–water partition coefficient (Wildman–Crippen LogP) is 5.63. The predicted molar refractivity (Wildman–Crippen MR) is 159 cm³/mol. The largest absolute Gasteiger partial charge is 0.352 e. The maximum atomic E-state index is 14.0. The fourth-order valence-corrected chi connectivity index (χ4v) is 6.53. The summed E-state index contributed by atoms with van der Waals surface area (Å²) in [5.41, 5.74) is 3.03. The summed E-state index contributed by atoms with van der Waals surface area (Å²) in [7, 11) is -4.14. The molecule has 3 aromatic carbocycles. The van der Waals surface area contributed by atoms with Gasteiger partial charge in [0.05, 0.1) is 10.6 Å². The molecule has 0 bridgehead atoms. The Kier molecular flexibility index (Phi) is 9.53. The molecule has 4 rings (SSSR count). The van der Waals surface area contributed by atoms with Crippen LogP contribution in [0.1, 0.15) is 49.3 Å². The molecule has 1 N–H and O–H groups in total. The number of benzene rings is 3. The molecule has 7 nitrogen and oxygen atoms in total. The van der Waals surface area contributed by atoms with Crippen LogP contribution in [0.15, 0.2) is 77.7 Å². The Bertz CT molecular complexity index is 1450. The fraction of sp³-hybridized carbons (Fsp3) is 0.355. The van der Waals surface area contributed by atoms with Crippen LogP contribution in [-0.2, 0) is 26.2 Å². The highest BCUT2D eigenvalue weighted by Crippen LogP contribution is 2.27. The summed E-state index contributed by atoms with van der Waals surface area (Å²) >= 11 is 6.23. The number of nitrogens with zero attached hydrogens (tertiary/aromatic N) is 2. The van der Waals surface area contributed by atoms with Gasteiger partial charge in [0.25, 0.3) is 10.0 Å². The van der Waals surface area contributed by atoms with E-state index in [0.717, 1.165) is 46.7 Å². The summed E-state index contributed by atoms with van der Waals surface area (Å²) in [6.07, 6.45) is 3.97. The zero-order chi connectivity index (χ0) is 28.9. The highest BCUT2D eigenvalue weighted by Gasteiger charge is 2.33. The number of anilines is 1. The van der Waals surface area contributed by atoms with Gasteiger partial charge in [0.15, 0.2) is 0 Å². The van der Waals surface area contributed by atoms with Gasteiger partial charge < -0.3 is 10.2 Å². The molecule has 40 heavy (non-hydrogen) atoms. The minimum atomic E-state index is -4.14. The summed E-state index contributed by atoms with van der Waals surface area (Å²) < 4.78 is 28.9. The molecule has 1 aliphatic carbocycles. The van der Waals surface area contributed by atoms with Gasteiger partial charge in [0.2, 0.25) is 11.8 Å². The summed E-state index contributed by atoms with van der Waals surface area (Å²) in [5.74, 6) is -0.738. The molecule has 1 aliphatic rings. The number of nitrogens with one attached hydrogen (secondary N) is 1. The molecule has 0 saturated heterocycles. The first-order chi connectivity index (χ1) is 19.1. The van der Waals surface area contributed by atoms with Crippen LogP contribution >= 0.6 is 11.6 Å². The van der Waals surface area contributed by atoms with Gasteiger partial charge in [-0.2, -0.15) is 0 Å². The Morgan fingerprint density at radius 2 is 1.65 bits per heavy atom. The monoisotopic (exact) mass is 581 g/mol. The Balaban J connectivity index is 1.69. The van der Waals surface area contributed by atoms with Crippen LogP contribution in [0.2, 0.25) is 5.02 Å². The second-order valence-corrected chi connectivity index (χ2v) is 12.7. The van der Waals surface area contributed by atoms with Crippen molar-refractivity contribution in [1.29, 1.82) is 0 Å². The SMILES string of the molecule is Cc1ccc(S(=O)(=O)N(CC(=O)N(Cc2ccccc2C)[C@H](C)C(=O)NC2CCCC2)c2cccc(Cl)c2)cc1. The molecule has 0 radical (unpaired) electrons. The molecule has 1 fully saturated rings. The van der Waals surface area contributed by atoms with Gasteiger partial charge in [-0.25, -0.2) is 8.42 Å². The van der Waals surface area contributed by atoms with E-state index >= 15 is 0 Å². The van der Waals surface area contributed by atoms with Crippen molar-refractivity contribution in [2.24, 2.45) is 0 Å². The number of aryl methyl sites for hydroxylation is 2. The van der Waals surface area contributed by atoms with Gasteiger partial charge in [-0.3, -0.25) is 13.9 Å². The lowest BCUT2D eigenvalue weighted by Gasteiger charge is -2.33. The van der Waals surface area contributed by atoms with Crippen LogP contribution in [0.3, 0.4) is 0 Å². The Morgan fingerprint density at radius 3 is 2.30 bits per heavy atom. The molecule has 212 valence electrons. The number of amides is 2. The molecule has 0 spiro atoms. The Labute approximate surface area is 242 Å². The molecule has 9 heteroatoms. The maximum absolute atomic E-state index is 14.0. The molecule has 0 aromatic heterocycles. The van der Waals surface area contributed by atoms with E-state index in [1.54, 1.807) is 37.3 Å². The number of carbonyl (C=O) groups excluding carboxylic acids is 2. The second-order valence-electron chi connectivity index (χ2n) is 10.4. The van der Waals surface area contributed by atoms with Crippen LogP contribution < -0.4 is 9.62 Å². The average molecular weight is 582 g/mol. The van der Waals surface area contributed by atoms with Crippen LogP contribution in [0.4, 0.5) is 5.69 Å². The molecular weight excluding hydrogens is 546 g/mol. The normalized spacial score (nSPS) is 14.5. The van der Waals surface area contributed by atoms with E-state index in [-0.39, 0.29) is 29.1 Å². The molecule has 0 heterocycles. The van der Waals surface area contributed by atoms with Gasteiger partial charge in [0.1, 0.15) is 12.6 Å². The van der Waals surface area contributed by atoms with Crippen LogP contribution in [0.5, 0.6) is 0 Å². The summed E-state index contributed by atoms with van der Waals surface area (Å²) in [4.78, 5) is 28.9. The lowest BCUT2D eigenvalue weighted by Crippen LogP contribution is -2.52. The van der Waals surface area contributed by atoms with E-state index in [2.05, 4.69) is 5.32 Å². The van der Waals surface area contributed by atoms with Crippen LogP contribution in [0, 0.1) is 13.8 Å². The smallest absolute Gasteiger partial charge is 0.264 e. The van der Waals surface area contributed by atoms with E-state index in [0.29, 0.717) is 5.02 Å². The summed E-state index contributed by atoms with van der Waals surface area (Å²) in [6, 6.07) is 19.8. The molecule has 1 atom stereocenters. The summed E-state index contributed by atoms with van der Waals surface area (Å²) in [6.45, 7) is 5.18. The minimum absolute atomic E-state index is 0.0587. The van der Waals surface area contributed by atoms with Gasteiger partial charge >= 0.3 is 0 Å². The average Bonchev–Trinajstić information content (AvgIpc) is 3.44. The first-order valence-electron chi connectivity index (χ1n) is 13.6. The molecule has 2 amide bonds. The van der Waals surface area contributed by atoms with Crippen LogP contribution in [0.25, 0.3) is 0 Å². The first kappa shape index (κ1) is 29.6. The number of halogens is 1. The highest BCUT2D eigenvalue weighted by molar-refractivity contribution is 7.92. The van der Waals surface area contributed by atoms with Crippen LogP contribution in [-0.4, -0.2) is 43.8 Å². The quantitative estimate of drug-likeness (QED) is 0.336. The zero-order valence-electron chi connectivity index (χ0n) is 23.1. The number of carbonyl (C=O) groups is 2. The zero-order valence-corrected chi connectivity index (χ0v) is 24.7. The number of hydrogen-bond donors (Lipinski definition) is 1. The van der Waals surface area contributed by atoms with Gasteiger partial charge in [-0.05, 0) is 75.1 Å². The number of sulfonamides is 1. The Hall–Kier alpha value is -3.36. The molecule has 1 saturated carbocycles. The van der Waals surface area contributed by atoms with Crippen molar-refractivity contribution in [3.8, 4) is 0 Å². The Morgan fingerprint density at radius 1 is 0.975 bits per heavy atom. The van der Waals surface area contributed by atoms with E-state index < -0.39 is 28.5 Å². The third-order valence-electron chi connectivity index (χ3n) is 7.45. The molecule has 0 aliphatic heterocycles. The van der Waals surface area contributed by atoms with E-state index in [1.165, 1.54) is 23.1 Å². The second kappa shape index (κ2) is 12.9. The van der Waals surface area contributed by atoms with E-state index in [4.69, 9.17) is 11.6 Å². The third-order valence-corrected chi connectivity index (χ3v) is 9.48. The molecule has 0 unspecified atom stereocenters. The topological polar surface area (TPSA) is 86.8 Å². The fourth-order valence-electron chi connectivity index (χ4n) is 4.94. The van der Waals surface area contributed by atoms with E-state index in [1.807, 2.05) is 38.1 Å².